The fourth-order valence-electron chi connectivity index (χ4n) is 1.84. The molecule has 0 atom stereocenters. The Labute approximate surface area is 122 Å². The molecule has 2 rings (SSSR count). The van der Waals surface area contributed by atoms with Crippen molar-refractivity contribution in [2.45, 2.75) is 6.54 Å². The van der Waals surface area contributed by atoms with Gasteiger partial charge in [0.15, 0.2) is 11.0 Å². The van der Waals surface area contributed by atoms with E-state index < -0.39 is 0 Å². The van der Waals surface area contributed by atoms with E-state index in [4.69, 9.17) is 20.8 Å². The Morgan fingerprint density at radius 1 is 1.25 bits per heavy atom. The van der Waals surface area contributed by atoms with E-state index in [9.17, 15) is 4.79 Å². The molecule has 0 N–H and O–H groups in total. The molecule has 1 aromatic carbocycles. The number of rotatable bonds is 6. The molecule has 0 aliphatic rings. The van der Waals surface area contributed by atoms with Crippen LogP contribution in [0.15, 0.2) is 46.9 Å². The number of hydrogen-bond acceptors (Lipinski definition) is 3. The lowest BCUT2D eigenvalue weighted by Gasteiger charge is -2.21. The van der Waals surface area contributed by atoms with Crippen LogP contribution in [-0.4, -0.2) is 31.1 Å². The maximum Gasteiger partial charge on any atom is 0.290 e. The first-order chi connectivity index (χ1) is 9.70. The molecular weight excluding hydrogens is 278 g/mol. The molecule has 5 heteroatoms. The van der Waals surface area contributed by atoms with E-state index in [1.54, 1.807) is 24.1 Å². The number of hydrogen-bond donors (Lipinski definition) is 0. The van der Waals surface area contributed by atoms with Crippen molar-refractivity contribution in [1.82, 2.24) is 4.90 Å². The summed E-state index contributed by atoms with van der Waals surface area (Å²) in [6.45, 7) is 1.46. The van der Waals surface area contributed by atoms with Gasteiger partial charge in [-0.15, -0.1) is 0 Å². The van der Waals surface area contributed by atoms with Crippen molar-refractivity contribution in [3.63, 3.8) is 0 Å². The number of methoxy groups -OCH3 is 1. The van der Waals surface area contributed by atoms with Gasteiger partial charge < -0.3 is 14.1 Å². The molecular formula is C15H16ClNO3. The molecule has 1 aromatic heterocycles. The molecule has 0 unspecified atom stereocenters. The van der Waals surface area contributed by atoms with Crippen molar-refractivity contribution < 1.29 is 13.9 Å². The molecule has 0 fully saturated rings. The molecule has 106 valence electrons. The zero-order chi connectivity index (χ0) is 14.4. The van der Waals surface area contributed by atoms with Crippen LogP contribution in [0.5, 0.6) is 0 Å². The van der Waals surface area contributed by atoms with Gasteiger partial charge in [-0.05, 0) is 29.3 Å². The highest BCUT2D eigenvalue weighted by Gasteiger charge is 2.19. The van der Waals surface area contributed by atoms with Gasteiger partial charge in [0.05, 0.1) is 6.61 Å². The first kappa shape index (κ1) is 14.6. The van der Waals surface area contributed by atoms with Crippen LogP contribution in [-0.2, 0) is 11.3 Å². The van der Waals surface area contributed by atoms with Crippen LogP contribution in [0, 0.1) is 0 Å². The number of halogens is 1. The summed E-state index contributed by atoms with van der Waals surface area (Å²) in [5, 5.41) is 0.208. The summed E-state index contributed by atoms with van der Waals surface area (Å²) in [6, 6.07) is 12.9. The van der Waals surface area contributed by atoms with Crippen molar-refractivity contribution in [3.8, 4) is 0 Å². The maximum absolute atomic E-state index is 12.4. The average molecular weight is 294 g/mol. The standard InChI is InChI=1S/C15H16ClNO3/c1-19-10-9-17(11-12-5-3-2-4-6-12)15(18)13-7-8-14(16)20-13/h2-8H,9-11H2,1H3. The van der Waals surface area contributed by atoms with E-state index in [2.05, 4.69) is 0 Å². The van der Waals surface area contributed by atoms with Crippen LogP contribution in [0.3, 0.4) is 0 Å². The number of amides is 1. The minimum atomic E-state index is -0.196. The molecule has 0 aliphatic carbocycles. The monoisotopic (exact) mass is 293 g/mol. The van der Waals surface area contributed by atoms with Crippen LogP contribution in [0.25, 0.3) is 0 Å². The summed E-state index contributed by atoms with van der Waals surface area (Å²) in [7, 11) is 1.61. The van der Waals surface area contributed by atoms with Gasteiger partial charge in [0.2, 0.25) is 0 Å². The Morgan fingerprint density at radius 2 is 2.00 bits per heavy atom. The first-order valence-electron chi connectivity index (χ1n) is 6.28. The zero-order valence-electron chi connectivity index (χ0n) is 11.2. The molecule has 0 saturated heterocycles. The summed E-state index contributed by atoms with van der Waals surface area (Å²) >= 11 is 5.71. The van der Waals surface area contributed by atoms with E-state index in [1.807, 2.05) is 30.3 Å². The maximum atomic E-state index is 12.4. The number of carbonyl (C=O) groups is 1. The second kappa shape index (κ2) is 7.12. The van der Waals surface area contributed by atoms with Crippen molar-refractivity contribution in [2.24, 2.45) is 0 Å². The van der Waals surface area contributed by atoms with Crippen molar-refractivity contribution in [3.05, 3.63) is 59.0 Å². The zero-order valence-corrected chi connectivity index (χ0v) is 12.0. The van der Waals surface area contributed by atoms with Gasteiger partial charge in [0.25, 0.3) is 5.91 Å². The Bertz CT molecular complexity index is 553. The van der Waals surface area contributed by atoms with Crippen LogP contribution in [0.2, 0.25) is 5.22 Å². The third kappa shape index (κ3) is 3.85. The van der Waals surface area contributed by atoms with Crippen LogP contribution < -0.4 is 0 Å². The third-order valence-electron chi connectivity index (χ3n) is 2.85. The van der Waals surface area contributed by atoms with Crippen LogP contribution in [0.1, 0.15) is 16.1 Å². The van der Waals surface area contributed by atoms with Gasteiger partial charge >= 0.3 is 0 Å². The molecule has 0 bridgehead atoms. The smallest absolute Gasteiger partial charge is 0.290 e. The van der Waals surface area contributed by atoms with Gasteiger partial charge in [-0.3, -0.25) is 4.79 Å². The average Bonchev–Trinajstić information content (AvgIpc) is 2.90. The van der Waals surface area contributed by atoms with E-state index in [1.165, 1.54) is 0 Å². The first-order valence-corrected chi connectivity index (χ1v) is 6.66. The highest BCUT2D eigenvalue weighted by Crippen LogP contribution is 2.16. The fraction of sp³-hybridized carbons (Fsp3) is 0.267. The van der Waals surface area contributed by atoms with Crippen LogP contribution >= 0.6 is 11.6 Å². The number of benzene rings is 1. The summed E-state index contributed by atoms with van der Waals surface area (Å²) in [6.07, 6.45) is 0. The fourth-order valence-corrected chi connectivity index (χ4v) is 1.99. The minimum absolute atomic E-state index is 0.196. The van der Waals surface area contributed by atoms with E-state index >= 15 is 0 Å². The minimum Gasteiger partial charge on any atom is -0.440 e. The molecule has 4 nitrogen and oxygen atoms in total. The van der Waals surface area contributed by atoms with Gasteiger partial charge in [-0.25, -0.2) is 0 Å². The molecule has 0 spiro atoms. The number of furan rings is 1. The summed E-state index contributed by atoms with van der Waals surface area (Å²) in [4.78, 5) is 14.1. The Balaban J connectivity index is 2.12. The second-order valence-corrected chi connectivity index (χ2v) is 4.68. The molecule has 0 aliphatic heterocycles. The highest BCUT2D eigenvalue weighted by atomic mass is 35.5. The highest BCUT2D eigenvalue weighted by molar-refractivity contribution is 6.29. The van der Waals surface area contributed by atoms with Crippen molar-refractivity contribution >= 4 is 17.5 Å². The molecule has 20 heavy (non-hydrogen) atoms. The summed E-state index contributed by atoms with van der Waals surface area (Å²) in [5.41, 5.74) is 1.05. The quantitative estimate of drug-likeness (QED) is 0.821. The number of nitrogens with zero attached hydrogens (tertiary/aromatic N) is 1. The second-order valence-electron chi connectivity index (χ2n) is 4.31. The molecule has 0 saturated carbocycles. The normalized spacial score (nSPS) is 10.5. The summed E-state index contributed by atoms with van der Waals surface area (Å²) in [5.74, 6) is 0.0415. The largest absolute Gasteiger partial charge is 0.440 e. The van der Waals surface area contributed by atoms with Gasteiger partial charge in [0, 0.05) is 20.2 Å². The Hall–Kier alpha value is -1.78. The van der Waals surface area contributed by atoms with E-state index in [0.717, 1.165) is 5.56 Å². The SMILES string of the molecule is COCCN(Cc1ccccc1)C(=O)c1ccc(Cl)o1. The number of ether oxygens (including phenoxy) is 1. The lowest BCUT2D eigenvalue weighted by molar-refractivity contribution is 0.0649. The van der Waals surface area contributed by atoms with Crippen LogP contribution in [0.4, 0.5) is 0 Å². The molecule has 1 amide bonds. The Morgan fingerprint density at radius 3 is 2.60 bits per heavy atom. The molecule has 1 heterocycles. The van der Waals surface area contributed by atoms with Gasteiger partial charge in [0.1, 0.15) is 0 Å². The number of carbonyl (C=O) groups excluding carboxylic acids is 1. The van der Waals surface area contributed by atoms with E-state index in [0.29, 0.717) is 19.7 Å². The van der Waals surface area contributed by atoms with Crippen molar-refractivity contribution in [1.29, 1.82) is 0 Å². The van der Waals surface area contributed by atoms with E-state index in [-0.39, 0.29) is 16.9 Å². The third-order valence-corrected chi connectivity index (χ3v) is 3.06. The van der Waals surface area contributed by atoms with Gasteiger partial charge in [-0.1, -0.05) is 30.3 Å². The van der Waals surface area contributed by atoms with Crippen molar-refractivity contribution in [2.75, 3.05) is 20.3 Å². The summed E-state index contributed by atoms with van der Waals surface area (Å²) < 4.78 is 10.2. The lowest BCUT2D eigenvalue weighted by Crippen LogP contribution is -2.33. The lowest BCUT2D eigenvalue weighted by atomic mass is 10.2. The predicted octanol–water partition coefficient (Wildman–Crippen LogP) is 3.22. The predicted molar refractivity (Wildman–Crippen MR) is 76.8 cm³/mol. The topological polar surface area (TPSA) is 42.7 Å². The van der Waals surface area contributed by atoms with Gasteiger partial charge in [-0.2, -0.15) is 0 Å². The molecule has 0 radical (unpaired) electrons. The molecule has 2 aromatic rings. The Kier molecular flexibility index (Phi) is 5.21.